The molecule has 172 valence electrons. The number of aromatic nitrogens is 2. The number of carbonyl (C=O) groups is 1. The summed E-state index contributed by atoms with van der Waals surface area (Å²) in [6.07, 6.45) is 4.56. The number of hydrogen-bond donors (Lipinski definition) is 2. The number of nitrogens with zero attached hydrogens (tertiary/aromatic N) is 4. The summed E-state index contributed by atoms with van der Waals surface area (Å²) in [7, 11) is 0. The third-order valence-corrected chi connectivity index (χ3v) is 6.81. The highest BCUT2D eigenvalue weighted by Crippen LogP contribution is 2.67. The summed E-state index contributed by atoms with van der Waals surface area (Å²) in [5.74, 6) is 1.07. The maximum atomic E-state index is 12.5. The van der Waals surface area contributed by atoms with Crippen molar-refractivity contribution in [1.29, 1.82) is 10.5 Å². The van der Waals surface area contributed by atoms with Gasteiger partial charge in [0.15, 0.2) is 11.5 Å². The second-order valence-corrected chi connectivity index (χ2v) is 9.08. The van der Waals surface area contributed by atoms with E-state index in [1.165, 1.54) is 6.08 Å². The summed E-state index contributed by atoms with van der Waals surface area (Å²) in [6.45, 7) is 4.03. The van der Waals surface area contributed by atoms with Crippen LogP contribution in [0.15, 0.2) is 18.2 Å². The SMILES string of the molecule is CCOc1cc(/C=C/C#N)cc(Cl)c1Oc1nc(NC2CC3(C#N)CC23)nc2c1[C@H](C)NC2=O. The number of anilines is 1. The molecule has 2 fully saturated rings. The van der Waals surface area contributed by atoms with Crippen molar-refractivity contribution in [2.45, 2.75) is 38.8 Å². The quantitative estimate of drug-likeness (QED) is 0.562. The van der Waals surface area contributed by atoms with E-state index in [-0.39, 0.29) is 57.6 Å². The summed E-state index contributed by atoms with van der Waals surface area (Å²) in [5, 5.41) is 24.5. The topological polar surface area (TPSA) is 133 Å². The molecule has 0 bridgehead atoms. The van der Waals surface area contributed by atoms with Crippen LogP contribution in [0.4, 0.5) is 5.95 Å². The molecule has 3 unspecified atom stereocenters. The van der Waals surface area contributed by atoms with Crippen LogP contribution in [0.25, 0.3) is 6.08 Å². The maximum Gasteiger partial charge on any atom is 0.271 e. The number of benzene rings is 1. The molecule has 4 atom stereocenters. The zero-order valence-corrected chi connectivity index (χ0v) is 19.3. The third-order valence-electron chi connectivity index (χ3n) is 6.53. The average Bonchev–Trinajstić information content (AvgIpc) is 3.30. The van der Waals surface area contributed by atoms with Crippen LogP contribution in [0.3, 0.4) is 0 Å². The van der Waals surface area contributed by atoms with E-state index in [1.54, 1.807) is 18.2 Å². The number of carbonyl (C=O) groups excluding carboxylic acids is 1. The van der Waals surface area contributed by atoms with Crippen molar-refractivity contribution in [2.24, 2.45) is 11.3 Å². The second kappa shape index (κ2) is 8.19. The number of allylic oxidation sites excluding steroid dienone is 1. The predicted octanol–water partition coefficient (Wildman–Crippen LogP) is 4.38. The molecule has 2 N–H and O–H groups in total. The molecule has 2 saturated carbocycles. The van der Waals surface area contributed by atoms with Gasteiger partial charge in [-0.3, -0.25) is 4.79 Å². The molecule has 1 aliphatic heterocycles. The van der Waals surface area contributed by atoms with Gasteiger partial charge in [0.2, 0.25) is 11.8 Å². The fourth-order valence-electron chi connectivity index (χ4n) is 4.73. The second-order valence-electron chi connectivity index (χ2n) is 8.67. The van der Waals surface area contributed by atoms with Gasteiger partial charge in [0.05, 0.1) is 40.8 Å². The molecule has 5 rings (SSSR count). The maximum absolute atomic E-state index is 12.5. The van der Waals surface area contributed by atoms with Crippen molar-refractivity contribution < 1.29 is 14.3 Å². The molecular formula is C24H21ClN6O3. The zero-order valence-electron chi connectivity index (χ0n) is 18.6. The number of nitrogens with one attached hydrogen (secondary N) is 2. The van der Waals surface area contributed by atoms with Gasteiger partial charge in [-0.1, -0.05) is 11.6 Å². The van der Waals surface area contributed by atoms with Crippen molar-refractivity contribution >= 4 is 29.5 Å². The Labute approximate surface area is 201 Å². The van der Waals surface area contributed by atoms with E-state index in [1.807, 2.05) is 19.9 Å². The van der Waals surface area contributed by atoms with Gasteiger partial charge in [-0.15, -0.1) is 0 Å². The Kier molecular flexibility index (Phi) is 5.30. The Bertz CT molecular complexity index is 1310. The first-order valence-corrected chi connectivity index (χ1v) is 11.4. The lowest BCUT2D eigenvalue weighted by molar-refractivity contribution is 0.0954. The van der Waals surface area contributed by atoms with E-state index in [2.05, 4.69) is 26.7 Å². The predicted molar refractivity (Wildman–Crippen MR) is 123 cm³/mol. The van der Waals surface area contributed by atoms with E-state index >= 15 is 0 Å². The number of rotatable bonds is 7. The number of hydrogen-bond acceptors (Lipinski definition) is 8. The lowest BCUT2D eigenvalue weighted by atomic mass is 9.81. The normalized spacial score (nSPS) is 25.9. The van der Waals surface area contributed by atoms with Gasteiger partial charge in [-0.05, 0) is 56.4 Å². The van der Waals surface area contributed by atoms with Gasteiger partial charge in [-0.25, -0.2) is 4.98 Å². The first-order chi connectivity index (χ1) is 16.4. The van der Waals surface area contributed by atoms with Crippen molar-refractivity contribution in [2.75, 3.05) is 11.9 Å². The summed E-state index contributed by atoms with van der Waals surface area (Å²) in [4.78, 5) is 21.6. The lowest BCUT2D eigenvalue weighted by Crippen LogP contribution is -2.37. The first kappa shape index (κ1) is 22.0. The summed E-state index contributed by atoms with van der Waals surface area (Å²) in [6, 6.07) is 7.44. The molecule has 0 saturated heterocycles. The Morgan fingerprint density at radius 3 is 2.85 bits per heavy atom. The molecule has 2 aromatic rings. The van der Waals surface area contributed by atoms with Gasteiger partial charge >= 0.3 is 0 Å². The van der Waals surface area contributed by atoms with Gasteiger partial charge in [0.25, 0.3) is 5.91 Å². The Balaban J connectivity index is 1.51. The standard InChI is InChI=1S/C24H21ClN6O3/c1-3-33-17-8-13(5-4-6-26)7-15(25)20(17)34-22-18-12(2)28-21(32)19(18)30-23(31-22)29-16-10-24(11-27)9-14(16)24/h4-5,7-8,12,14,16H,3,9-10H2,1-2H3,(H,28,32)(H,29,30,31)/b5-4+/t12-,14?,16?,24?/m0/s1. The van der Waals surface area contributed by atoms with Crippen molar-refractivity contribution in [3.8, 4) is 29.5 Å². The van der Waals surface area contributed by atoms with Crippen LogP contribution in [-0.2, 0) is 0 Å². The first-order valence-electron chi connectivity index (χ1n) is 11.0. The van der Waals surface area contributed by atoms with Gasteiger partial charge in [0, 0.05) is 12.1 Å². The molecule has 2 heterocycles. The Hall–Kier alpha value is -3.82. The minimum atomic E-state index is -0.350. The van der Waals surface area contributed by atoms with Crippen molar-refractivity contribution in [3.05, 3.63) is 40.1 Å². The molecule has 34 heavy (non-hydrogen) atoms. The van der Waals surface area contributed by atoms with Crippen LogP contribution in [0, 0.1) is 34.0 Å². The number of nitriles is 2. The monoisotopic (exact) mass is 476 g/mol. The molecule has 0 radical (unpaired) electrons. The van der Waals surface area contributed by atoms with Crippen LogP contribution in [0.2, 0.25) is 5.02 Å². The van der Waals surface area contributed by atoms with E-state index in [0.29, 0.717) is 23.5 Å². The van der Waals surface area contributed by atoms with E-state index in [9.17, 15) is 10.1 Å². The van der Waals surface area contributed by atoms with Crippen LogP contribution >= 0.6 is 11.6 Å². The minimum absolute atomic E-state index is 0.0845. The van der Waals surface area contributed by atoms with Gasteiger partial charge < -0.3 is 20.1 Å². The van der Waals surface area contributed by atoms with Gasteiger partial charge in [0.1, 0.15) is 5.69 Å². The molecule has 10 heteroatoms. The lowest BCUT2D eigenvalue weighted by Gasteiger charge is -2.30. The van der Waals surface area contributed by atoms with Crippen molar-refractivity contribution in [3.63, 3.8) is 0 Å². The molecule has 0 spiro atoms. The fourth-order valence-corrected chi connectivity index (χ4v) is 4.99. The van der Waals surface area contributed by atoms with Crippen LogP contribution < -0.4 is 20.1 Å². The number of amides is 1. The summed E-state index contributed by atoms with van der Waals surface area (Å²) in [5.41, 5.74) is 1.25. The highest BCUT2D eigenvalue weighted by Gasteiger charge is 2.68. The third kappa shape index (κ3) is 3.59. The van der Waals surface area contributed by atoms with Crippen LogP contribution in [-0.4, -0.2) is 28.5 Å². The molecule has 1 aromatic carbocycles. The largest absolute Gasteiger partial charge is 0.490 e. The fraction of sp³-hybridized carbons (Fsp3) is 0.375. The average molecular weight is 477 g/mol. The molecular weight excluding hydrogens is 456 g/mol. The van der Waals surface area contributed by atoms with Crippen molar-refractivity contribution in [1.82, 2.24) is 15.3 Å². The van der Waals surface area contributed by atoms with Crippen LogP contribution in [0.1, 0.15) is 54.3 Å². The van der Waals surface area contributed by atoms with E-state index in [0.717, 1.165) is 12.8 Å². The summed E-state index contributed by atoms with van der Waals surface area (Å²) >= 11 is 6.53. The number of ether oxygens (including phenoxy) is 2. The molecule has 9 nitrogen and oxygen atoms in total. The van der Waals surface area contributed by atoms with Gasteiger partial charge in [-0.2, -0.15) is 15.5 Å². The minimum Gasteiger partial charge on any atom is -0.490 e. The molecule has 1 aromatic heterocycles. The number of fused-ring (bicyclic) bond motifs is 2. The summed E-state index contributed by atoms with van der Waals surface area (Å²) < 4.78 is 11.9. The van der Waals surface area contributed by atoms with E-state index in [4.69, 9.17) is 26.3 Å². The van der Waals surface area contributed by atoms with E-state index < -0.39 is 0 Å². The number of halogens is 1. The van der Waals surface area contributed by atoms with Crippen LogP contribution in [0.5, 0.6) is 17.4 Å². The Morgan fingerprint density at radius 2 is 2.18 bits per heavy atom. The highest BCUT2D eigenvalue weighted by atomic mass is 35.5. The Morgan fingerprint density at radius 1 is 1.35 bits per heavy atom. The smallest absolute Gasteiger partial charge is 0.271 e. The molecule has 2 aliphatic carbocycles. The highest BCUT2D eigenvalue weighted by molar-refractivity contribution is 6.32. The molecule has 1 amide bonds. The zero-order chi connectivity index (χ0) is 24.0. The molecule has 3 aliphatic rings.